The number of aromatic carboxylic acids is 1. The van der Waals surface area contributed by atoms with E-state index in [1.165, 1.54) is 62.3 Å². The highest BCUT2D eigenvalue weighted by Gasteiger charge is 2.51. The Morgan fingerprint density at radius 2 is 1.61 bits per heavy atom. The quantitative estimate of drug-likeness (QED) is 0.293. The highest BCUT2D eigenvalue weighted by molar-refractivity contribution is 6.39. The molecule has 4 amide bonds. The van der Waals surface area contributed by atoms with Crippen molar-refractivity contribution in [2.75, 3.05) is 4.90 Å². The second-order valence-electron chi connectivity index (χ2n) is 12.2. The molecule has 1 aliphatic heterocycles. The number of urea groups is 1. The highest BCUT2D eigenvalue weighted by Crippen LogP contribution is 2.60. The topological polar surface area (TPSA) is 117 Å². The number of barbiturate groups is 1. The van der Waals surface area contributed by atoms with Crippen molar-refractivity contribution in [1.29, 1.82) is 0 Å². The van der Waals surface area contributed by atoms with Crippen LogP contribution in [0.1, 0.15) is 65.8 Å². The molecule has 5 fully saturated rings. The summed E-state index contributed by atoms with van der Waals surface area (Å²) in [5.74, 6) is 0.454. The first-order valence-electron chi connectivity index (χ1n) is 14.2. The third-order valence-electron chi connectivity index (χ3n) is 9.54. The number of nitrogens with zero attached hydrogens (tertiary/aromatic N) is 1. The Hall–Kier alpha value is -4.46. The average molecular weight is 551 g/mol. The summed E-state index contributed by atoms with van der Waals surface area (Å²) in [4.78, 5) is 51.4. The van der Waals surface area contributed by atoms with E-state index in [0.29, 0.717) is 17.0 Å². The van der Waals surface area contributed by atoms with E-state index in [4.69, 9.17) is 4.42 Å². The van der Waals surface area contributed by atoms with Gasteiger partial charge in [0.2, 0.25) is 0 Å². The zero-order chi connectivity index (χ0) is 28.5. The van der Waals surface area contributed by atoms with Crippen LogP contribution < -0.4 is 10.2 Å². The summed E-state index contributed by atoms with van der Waals surface area (Å²) in [6, 6.07) is 14.9. The number of carboxylic acid groups (broad SMARTS) is 1. The van der Waals surface area contributed by atoms with E-state index < -0.39 is 23.8 Å². The fraction of sp³-hybridized carbons (Fsp3) is 0.333. The Labute approximate surface area is 237 Å². The van der Waals surface area contributed by atoms with Gasteiger partial charge in [-0.15, -0.1) is 0 Å². The maximum absolute atomic E-state index is 13.5. The summed E-state index contributed by atoms with van der Waals surface area (Å²) < 4.78 is 5.88. The molecule has 41 heavy (non-hydrogen) atoms. The molecule has 5 aliphatic rings. The normalized spacial score (nSPS) is 27.9. The van der Waals surface area contributed by atoms with E-state index in [-0.39, 0.29) is 22.3 Å². The van der Waals surface area contributed by atoms with Crippen molar-refractivity contribution in [1.82, 2.24) is 5.32 Å². The van der Waals surface area contributed by atoms with Crippen LogP contribution in [-0.2, 0) is 15.0 Å². The molecular formula is C33H30N2O6. The van der Waals surface area contributed by atoms with Gasteiger partial charge in [-0.1, -0.05) is 18.2 Å². The van der Waals surface area contributed by atoms with E-state index >= 15 is 0 Å². The van der Waals surface area contributed by atoms with Gasteiger partial charge in [-0.05, 0) is 122 Å². The molecule has 2 heterocycles. The maximum Gasteiger partial charge on any atom is 0.335 e. The number of benzene rings is 2. The summed E-state index contributed by atoms with van der Waals surface area (Å²) in [5.41, 5.74) is 3.16. The first kappa shape index (κ1) is 25.5. The lowest BCUT2D eigenvalue weighted by Gasteiger charge is -2.57. The number of hydrogen-bond donors (Lipinski definition) is 2. The molecule has 3 aromatic rings. The Balaban J connectivity index is 1.15. The van der Waals surface area contributed by atoms with Crippen molar-refractivity contribution < 1.29 is 28.7 Å². The first-order valence-corrected chi connectivity index (χ1v) is 14.2. The molecule has 2 aromatic carbocycles. The third kappa shape index (κ3) is 4.29. The van der Waals surface area contributed by atoms with Crippen molar-refractivity contribution in [3.05, 3.63) is 82.6 Å². The molecule has 4 aliphatic carbocycles. The van der Waals surface area contributed by atoms with E-state index in [1.54, 1.807) is 18.2 Å². The lowest BCUT2D eigenvalue weighted by molar-refractivity contribution is -0.122. The molecule has 0 radical (unpaired) electrons. The Kier molecular flexibility index (Phi) is 5.78. The van der Waals surface area contributed by atoms with Crippen molar-refractivity contribution in [3.63, 3.8) is 0 Å². The number of carboxylic acids is 1. The molecule has 8 heteroatoms. The van der Waals surface area contributed by atoms with Gasteiger partial charge >= 0.3 is 12.0 Å². The smallest absolute Gasteiger partial charge is 0.335 e. The van der Waals surface area contributed by atoms with Crippen molar-refractivity contribution in [2.45, 2.75) is 50.9 Å². The third-order valence-corrected chi connectivity index (χ3v) is 9.54. The van der Waals surface area contributed by atoms with E-state index in [9.17, 15) is 24.3 Å². The van der Waals surface area contributed by atoms with Gasteiger partial charge in [0.15, 0.2) is 0 Å². The number of anilines is 1. The fourth-order valence-electron chi connectivity index (χ4n) is 8.06. The average Bonchev–Trinajstić information content (AvgIpc) is 3.39. The minimum absolute atomic E-state index is 0.118. The zero-order valence-corrected chi connectivity index (χ0v) is 22.7. The standard InChI is InChI=1S/C33H30N2O6/c1-18-2-3-22(31(38)39)13-26(18)28-9-8-25(41-28)14-27-29(36)34-32(40)35(30(27)37)24-6-4-23(5-7-24)33-15-19-10-20(16-33)12-21(11-19)17-33/h2-9,13-14,19-21H,10-12,15-17H2,1H3,(H,38,39)(H,34,36,40)/b27-14+. The van der Waals surface area contributed by atoms with Crippen LogP contribution in [0.25, 0.3) is 17.4 Å². The van der Waals surface area contributed by atoms with Crippen molar-refractivity contribution in [2.24, 2.45) is 17.8 Å². The van der Waals surface area contributed by atoms with Crippen LogP contribution in [0, 0.1) is 24.7 Å². The highest BCUT2D eigenvalue weighted by atomic mass is 16.4. The van der Waals surface area contributed by atoms with Crippen LogP contribution in [0.4, 0.5) is 10.5 Å². The molecule has 4 bridgehead atoms. The Morgan fingerprint density at radius 1 is 0.951 bits per heavy atom. The molecule has 0 atom stereocenters. The minimum Gasteiger partial charge on any atom is -0.478 e. The van der Waals surface area contributed by atoms with Gasteiger partial charge in [0.25, 0.3) is 11.8 Å². The van der Waals surface area contributed by atoms with Crippen LogP contribution >= 0.6 is 0 Å². The van der Waals surface area contributed by atoms with Gasteiger partial charge in [-0.25, -0.2) is 14.5 Å². The number of nitrogens with one attached hydrogen (secondary N) is 1. The number of amides is 4. The molecular weight excluding hydrogens is 520 g/mol. The van der Waals surface area contributed by atoms with Crippen LogP contribution in [0.15, 0.2) is 64.6 Å². The Bertz CT molecular complexity index is 1610. The van der Waals surface area contributed by atoms with E-state index in [1.807, 2.05) is 19.1 Å². The van der Waals surface area contributed by atoms with Gasteiger partial charge in [0.05, 0.1) is 11.3 Å². The van der Waals surface area contributed by atoms with Gasteiger partial charge in [-0.2, -0.15) is 0 Å². The molecule has 1 aromatic heterocycles. The monoisotopic (exact) mass is 550 g/mol. The number of carbonyl (C=O) groups excluding carboxylic acids is 3. The summed E-state index contributed by atoms with van der Waals surface area (Å²) >= 11 is 0. The molecule has 1 saturated heterocycles. The molecule has 4 saturated carbocycles. The van der Waals surface area contributed by atoms with Crippen LogP contribution in [0.2, 0.25) is 0 Å². The largest absolute Gasteiger partial charge is 0.478 e. The molecule has 0 spiro atoms. The second-order valence-corrected chi connectivity index (χ2v) is 12.2. The van der Waals surface area contributed by atoms with E-state index in [0.717, 1.165) is 28.2 Å². The van der Waals surface area contributed by atoms with Crippen molar-refractivity contribution >= 4 is 35.6 Å². The van der Waals surface area contributed by atoms with Gasteiger partial charge in [0.1, 0.15) is 17.1 Å². The number of hydrogen-bond acceptors (Lipinski definition) is 5. The summed E-state index contributed by atoms with van der Waals surface area (Å²) in [6.45, 7) is 1.83. The molecule has 8 rings (SSSR count). The lowest BCUT2D eigenvalue weighted by Crippen LogP contribution is -2.54. The maximum atomic E-state index is 13.5. The minimum atomic E-state index is -1.06. The number of aryl methyl sites for hydroxylation is 1. The number of imide groups is 2. The first-order chi connectivity index (χ1) is 19.7. The summed E-state index contributed by atoms with van der Waals surface area (Å²) in [7, 11) is 0. The summed E-state index contributed by atoms with van der Waals surface area (Å²) in [5, 5.41) is 11.6. The molecule has 2 N–H and O–H groups in total. The number of carbonyl (C=O) groups is 4. The lowest BCUT2D eigenvalue weighted by atomic mass is 9.48. The number of furan rings is 1. The van der Waals surface area contributed by atoms with Gasteiger partial charge < -0.3 is 9.52 Å². The Morgan fingerprint density at radius 3 is 2.24 bits per heavy atom. The predicted molar refractivity (Wildman–Crippen MR) is 151 cm³/mol. The fourth-order valence-corrected chi connectivity index (χ4v) is 8.06. The van der Waals surface area contributed by atoms with Crippen LogP contribution in [0.5, 0.6) is 0 Å². The molecule has 208 valence electrons. The number of rotatable bonds is 5. The van der Waals surface area contributed by atoms with Crippen LogP contribution in [-0.4, -0.2) is 28.9 Å². The van der Waals surface area contributed by atoms with E-state index in [2.05, 4.69) is 17.4 Å². The SMILES string of the molecule is Cc1ccc(C(=O)O)cc1-c1ccc(/C=C2\C(=O)NC(=O)N(c3ccc(C45CC6CC(CC(C6)C4)C5)cc3)C2=O)o1. The van der Waals surface area contributed by atoms with Crippen LogP contribution in [0.3, 0.4) is 0 Å². The van der Waals surface area contributed by atoms with Gasteiger partial charge in [-0.3, -0.25) is 14.9 Å². The molecule has 0 unspecified atom stereocenters. The zero-order valence-electron chi connectivity index (χ0n) is 22.7. The predicted octanol–water partition coefficient (Wildman–Crippen LogP) is 6.09. The van der Waals surface area contributed by atoms with Crippen molar-refractivity contribution in [3.8, 4) is 11.3 Å². The second kappa shape index (κ2) is 9.29. The molecule has 8 nitrogen and oxygen atoms in total. The summed E-state index contributed by atoms with van der Waals surface area (Å²) in [6.07, 6.45) is 9.02. The van der Waals surface area contributed by atoms with Gasteiger partial charge in [0, 0.05) is 5.56 Å².